The molecule has 2 heterocycles. The van der Waals surface area contributed by atoms with Crippen LogP contribution < -0.4 is 10.5 Å². The molecule has 11 atom stereocenters. The standard InChI is InChI=1S/C29H49N3O4S/c1-17-13-26-27(32(33)16-17)19(3)28(36-26)11-10-23-22(18(2)15-28)7-8-25-24(23)6-5-20-14-21(31-37(4,34)35)9-12-29(20,25)30/h17,19-21,23-27,31,33H,5-16,30H2,1-4H3/t17-,19+,20+,21+,23+,24?,25-,26+,27-,28-,29+/m0/s1. The van der Waals surface area contributed by atoms with Crippen molar-refractivity contribution in [1.82, 2.24) is 9.79 Å². The number of sulfonamides is 1. The van der Waals surface area contributed by atoms with Crippen LogP contribution in [0.3, 0.4) is 0 Å². The van der Waals surface area contributed by atoms with Crippen molar-refractivity contribution in [3.8, 4) is 0 Å². The van der Waals surface area contributed by atoms with Crippen LogP contribution in [0.4, 0.5) is 0 Å². The van der Waals surface area contributed by atoms with Crippen molar-refractivity contribution >= 4 is 10.0 Å². The van der Waals surface area contributed by atoms with Gasteiger partial charge >= 0.3 is 0 Å². The van der Waals surface area contributed by atoms with Gasteiger partial charge in [0.05, 0.1) is 24.0 Å². The zero-order chi connectivity index (χ0) is 26.3. The molecule has 3 saturated carbocycles. The summed E-state index contributed by atoms with van der Waals surface area (Å²) in [6, 6.07) is 0.144. The van der Waals surface area contributed by atoms with E-state index in [1.54, 1.807) is 16.2 Å². The second-order valence-corrected chi connectivity index (χ2v) is 15.9. The summed E-state index contributed by atoms with van der Waals surface area (Å²) in [5, 5.41) is 12.4. The molecule has 0 aromatic carbocycles. The average Bonchev–Trinajstić information content (AvgIpc) is 2.97. The van der Waals surface area contributed by atoms with Crippen molar-refractivity contribution in [2.45, 2.75) is 121 Å². The smallest absolute Gasteiger partial charge is 0.208 e. The highest BCUT2D eigenvalue weighted by atomic mass is 32.2. The van der Waals surface area contributed by atoms with E-state index >= 15 is 0 Å². The molecule has 0 amide bonds. The van der Waals surface area contributed by atoms with E-state index in [0.29, 0.717) is 35.5 Å². The summed E-state index contributed by atoms with van der Waals surface area (Å²) in [4.78, 5) is 0. The lowest BCUT2D eigenvalue weighted by Crippen LogP contribution is -2.63. The summed E-state index contributed by atoms with van der Waals surface area (Å²) < 4.78 is 33.6. The SMILES string of the molecule is CC1=C2CC[C@H]3C(CC[C@@H]4C[C@H](NS(C)(=O)=O)CC[C@@]43N)[C@@H]2CC[C@@]2(C1)O[C@@H]1C[C@H](C)CN(O)[C@H]1[C@H]2C. The highest BCUT2D eigenvalue weighted by molar-refractivity contribution is 7.88. The zero-order valence-corrected chi connectivity index (χ0v) is 24.1. The molecule has 0 bridgehead atoms. The maximum atomic E-state index is 11.9. The molecular weight excluding hydrogens is 486 g/mol. The molecule has 4 N–H and O–H groups in total. The molecule has 8 heteroatoms. The first-order valence-corrected chi connectivity index (χ1v) is 16.9. The molecule has 2 saturated heterocycles. The Balaban J connectivity index is 1.22. The summed E-state index contributed by atoms with van der Waals surface area (Å²) in [5.74, 6) is 2.93. The molecule has 0 aromatic rings. The topological polar surface area (TPSA) is 105 Å². The predicted molar refractivity (Wildman–Crippen MR) is 144 cm³/mol. The largest absolute Gasteiger partial charge is 0.369 e. The van der Waals surface area contributed by atoms with E-state index in [1.165, 1.54) is 19.1 Å². The summed E-state index contributed by atoms with van der Waals surface area (Å²) in [6.45, 7) is 7.65. The molecule has 6 aliphatic rings. The Morgan fingerprint density at radius 1 is 1.11 bits per heavy atom. The Hall–Kier alpha value is -0.510. The molecule has 4 aliphatic carbocycles. The van der Waals surface area contributed by atoms with Crippen LogP contribution >= 0.6 is 0 Å². The predicted octanol–water partition coefficient (Wildman–Crippen LogP) is 4.21. The summed E-state index contributed by atoms with van der Waals surface area (Å²) >= 11 is 0. The van der Waals surface area contributed by atoms with Crippen LogP contribution in [0, 0.1) is 35.5 Å². The van der Waals surface area contributed by atoms with Gasteiger partial charge in [0.2, 0.25) is 10.0 Å². The number of hydroxylamine groups is 2. The molecule has 0 radical (unpaired) electrons. The summed E-state index contributed by atoms with van der Waals surface area (Å²) in [5.41, 5.74) is 10.2. The van der Waals surface area contributed by atoms with Crippen LogP contribution in [0.1, 0.15) is 91.4 Å². The molecule has 210 valence electrons. The third-order valence-electron chi connectivity index (χ3n) is 12.0. The number of hydrogen-bond acceptors (Lipinski definition) is 6. The van der Waals surface area contributed by atoms with Gasteiger partial charge in [0.25, 0.3) is 0 Å². The van der Waals surface area contributed by atoms with Gasteiger partial charge in [-0.25, -0.2) is 13.1 Å². The third kappa shape index (κ3) is 4.46. The average molecular weight is 536 g/mol. The highest BCUT2D eigenvalue weighted by Gasteiger charge is 2.59. The minimum atomic E-state index is -3.19. The van der Waals surface area contributed by atoms with E-state index < -0.39 is 10.0 Å². The van der Waals surface area contributed by atoms with Crippen LogP contribution in [0.2, 0.25) is 0 Å². The summed E-state index contributed by atoms with van der Waals surface area (Å²) in [6.07, 6.45) is 13.0. The summed E-state index contributed by atoms with van der Waals surface area (Å²) in [7, 11) is -3.19. The number of rotatable bonds is 2. The van der Waals surface area contributed by atoms with Gasteiger partial charge in [-0.1, -0.05) is 25.0 Å². The Labute approximate surface area is 224 Å². The van der Waals surface area contributed by atoms with Crippen molar-refractivity contribution in [2.24, 2.45) is 41.2 Å². The minimum absolute atomic E-state index is 0.0330. The van der Waals surface area contributed by atoms with Gasteiger partial charge in [-0.2, -0.15) is 5.06 Å². The second-order valence-electron chi connectivity index (χ2n) is 14.1. The van der Waals surface area contributed by atoms with E-state index in [1.807, 2.05) is 0 Å². The van der Waals surface area contributed by atoms with Gasteiger partial charge in [-0.3, -0.25) is 0 Å². The molecule has 1 unspecified atom stereocenters. The van der Waals surface area contributed by atoms with E-state index in [2.05, 4.69) is 25.5 Å². The third-order valence-corrected chi connectivity index (χ3v) is 12.7. The normalized spacial score (nSPS) is 50.7. The first-order chi connectivity index (χ1) is 17.4. The fraction of sp³-hybridized carbons (Fsp3) is 0.931. The van der Waals surface area contributed by atoms with E-state index in [-0.39, 0.29) is 29.3 Å². The fourth-order valence-corrected chi connectivity index (χ4v) is 11.2. The monoisotopic (exact) mass is 535 g/mol. The Kier molecular flexibility index (Phi) is 6.69. The lowest BCUT2D eigenvalue weighted by atomic mass is 9.50. The van der Waals surface area contributed by atoms with Crippen LogP contribution in [0.15, 0.2) is 11.1 Å². The van der Waals surface area contributed by atoms with Crippen molar-refractivity contribution in [3.63, 3.8) is 0 Å². The first kappa shape index (κ1) is 26.7. The Morgan fingerprint density at radius 2 is 1.89 bits per heavy atom. The Bertz CT molecular complexity index is 1050. The van der Waals surface area contributed by atoms with Crippen molar-refractivity contribution < 1.29 is 18.4 Å². The molecule has 37 heavy (non-hydrogen) atoms. The Morgan fingerprint density at radius 3 is 2.65 bits per heavy atom. The minimum Gasteiger partial charge on any atom is -0.369 e. The van der Waals surface area contributed by atoms with Crippen molar-refractivity contribution in [2.75, 3.05) is 12.8 Å². The number of nitrogens with two attached hydrogens (primary N) is 1. The van der Waals surface area contributed by atoms with Crippen molar-refractivity contribution in [3.05, 3.63) is 11.1 Å². The van der Waals surface area contributed by atoms with Gasteiger partial charge in [-0.05, 0) is 107 Å². The molecular formula is C29H49N3O4S. The van der Waals surface area contributed by atoms with Gasteiger partial charge in [0, 0.05) is 24.0 Å². The number of piperidine rings is 1. The first-order valence-electron chi connectivity index (χ1n) is 15.0. The number of hydrogen-bond donors (Lipinski definition) is 3. The molecule has 7 nitrogen and oxygen atoms in total. The quantitative estimate of drug-likeness (QED) is 0.458. The van der Waals surface area contributed by atoms with Crippen LogP contribution in [-0.2, 0) is 14.8 Å². The van der Waals surface area contributed by atoms with Gasteiger partial charge < -0.3 is 15.7 Å². The molecule has 2 aliphatic heterocycles. The fourth-order valence-electron chi connectivity index (χ4n) is 10.4. The number of fused-ring (bicyclic) bond motifs is 6. The van der Waals surface area contributed by atoms with Gasteiger partial charge in [0.15, 0.2) is 0 Å². The van der Waals surface area contributed by atoms with Gasteiger partial charge in [-0.15, -0.1) is 0 Å². The van der Waals surface area contributed by atoms with Gasteiger partial charge in [0.1, 0.15) is 0 Å². The molecule has 1 spiro atoms. The number of nitrogens with one attached hydrogen (secondary N) is 1. The zero-order valence-electron chi connectivity index (χ0n) is 23.3. The highest BCUT2D eigenvalue weighted by Crippen LogP contribution is 2.59. The second kappa shape index (κ2) is 9.27. The molecule has 5 fully saturated rings. The molecule has 6 rings (SSSR count). The van der Waals surface area contributed by atoms with Crippen LogP contribution in [0.25, 0.3) is 0 Å². The van der Waals surface area contributed by atoms with E-state index in [9.17, 15) is 13.6 Å². The molecule has 0 aromatic heterocycles. The van der Waals surface area contributed by atoms with E-state index in [4.69, 9.17) is 10.5 Å². The van der Waals surface area contributed by atoms with Crippen molar-refractivity contribution in [1.29, 1.82) is 0 Å². The maximum Gasteiger partial charge on any atom is 0.208 e. The van der Waals surface area contributed by atoms with Crippen LogP contribution in [-0.4, -0.2) is 60.8 Å². The lowest BCUT2D eigenvalue weighted by molar-refractivity contribution is -0.178. The van der Waals surface area contributed by atoms with Crippen LogP contribution in [0.5, 0.6) is 0 Å². The number of ether oxygens (including phenoxy) is 1. The number of nitrogens with zero attached hydrogens (tertiary/aromatic N) is 1. The number of allylic oxidation sites excluding steroid dienone is 1. The lowest BCUT2D eigenvalue weighted by Gasteiger charge is -2.58. The van der Waals surface area contributed by atoms with E-state index in [0.717, 1.165) is 64.3 Å². The maximum absolute atomic E-state index is 11.9.